The van der Waals surface area contributed by atoms with Crippen molar-refractivity contribution in [1.29, 1.82) is 5.26 Å². The summed E-state index contributed by atoms with van der Waals surface area (Å²) in [6, 6.07) is 26.0. The number of amides is 1. The average molecular weight is 383 g/mol. The molecule has 0 saturated carbocycles. The number of carbonyl (C=O) groups is 1. The zero-order valence-electron chi connectivity index (χ0n) is 16.0. The van der Waals surface area contributed by atoms with Gasteiger partial charge < -0.3 is 15.7 Å². The van der Waals surface area contributed by atoms with Crippen molar-refractivity contribution in [2.75, 3.05) is 5.32 Å². The fourth-order valence-electron chi connectivity index (χ4n) is 2.97. The molecule has 1 amide bonds. The number of nitriles is 1. The van der Waals surface area contributed by atoms with Crippen LogP contribution < -0.4 is 10.6 Å². The minimum Gasteiger partial charge on any atom is -0.508 e. The number of rotatable bonds is 6. The van der Waals surface area contributed by atoms with Gasteiger partial charge in [-0.3, -0.25) is 4.79 Å². The molecule has 3 rings (SSSR count). The Kier molecular flexibility index (Phi) is 6.29. The molecule has 3 N–H and O–H groups in total. The molecule has 0 aliphatic heterocycles. The molecule has 0 radical (unpaired) electrons. The fraction of sp³-hybridized carbons (Fsp3) is 0.0833. The van der Waals surface area contributed by atoms with Gasteiger partial charge in [-0.2, -0.15) is 5.26 Å². The number of hydrogen-bond acceptors (Lipinski definition) is 4. The first-order chi connectivity index (χ1) is 14.1. The normalized spacial score (nSPS) is 11.0. The van der Waals surface area contributed by atoms with Crippen molar-refractivity contribution in [2.24, 2.45) is 0 Å². The van der Waals surface area contributed by atoms with Crippen molar-refractivity contribution in [1.82, 2.24) is 5.32 Å². The Bertz CT molecular complexity index is 1010. The molecule has 144 valence electrons. The number of aromatic hydroxyl groups is 1. The van der Waals surface area contributed by atoms with Crippen LogP contribution in [0.5, 0.6) is 5.75 Å². The molecule has 0 bridgehead atoms. The lowest BCUT2D eigenvalue weighted by Crippen LogP contribution is -2.21. The van der Waals surface area contributed by atoms with Gasteiger partial charge in [0.05, 0.1) is 6.04 Å². The maximum absolute atomic E-state index is 12.6. The molecule has 0 aromatic heterocycles. The van der Waals surface area contributed by atoms with Crippen LogP contribution in [0.25, 0.3) is 0 Å². The lowest BCUT2D eigenvalue weighted by atomic mass is 9.99. The topological polar surface area (TPSA) is 85.2 Å². The molecule has 0 heterocycles. The maximum atomic E-state index is 12.6. The average Bonchev–Trinajstić information content (AvgIpc) is 2.74. The summed E-state index contributed by atoms with van der Waals surface area (Å²) in [6.07, 6.45) is 1.44. The fourth-order valence-corrected chi connectivity index (χ4v) is 2.97. The Balaban J connectivity index is 1.83. The van der Waals surface area contributed by atoms with Gasteiger partial charge in [0, 0.05) is 11.9 Å². The Morgan fingerprint density at radius 3 is 2.10 bits per heavy atom. The predicted octanol–water partition coefficient (Wildman–Crippen LogP) is 4.43. The van der Waals surface area contributed by atoms with Crippen LogP contribution in [-0.4, -0.2) is 11.0 Å². The van der Waals surface area contributed by atoms with Crippen LogP contribution in [0.1, 0.15) is 22.7 Å². The second-order valence-electron chi connectivity index (χ2n) is 6.54. The van der Waals surface area contributed by atoms with Gasteiger partial charge in [0.25, 0.3) is 5.91 Å². The van der Waals surface area contributed by atoms with Crippen molar-refractivity contribution in [2.45, 2.75) is 13.0 Å². The third kappa shape index (κ3) is 5.02. The Hall–Kier alpha value is -4.04. The summed E-state index contributed by atoms with van der Waals surface area (Å²) in [5.41, 5.74) is 3.23. The van der Waals surface area contributed by atoms with E-state index < -0.39 is 5.91 Å². The molecule has 29 heavy (non-hydrogen) atoms. The molecule has 5 heteroatoms. The summed E-state index contributed by atoms with van der Waals surface area (Å²) in [5, 5.41) is 24.9. The third-order valence-corrected chi connectivity index (χ3v) is 4.48. The van der Waals surface area contributed by atoms with E-state index in [0.29, 0.717) is 11.3 Å². The van der Waals surface area contributed by atoms with E-state index in [9.17, 15) is 15.2 Å². The summed E-state index contributed by atoms with van der Waals surface area (Å²) >= 11 is 0. The van der Waals surface area contributed by atoms with Gasteiger partial charge in [0.15, 0.2) is 0 Å². The van der Waals surface area contributed by atoms with E-state index in [2.05, 4.69) is 10.6 Å². The monoisotopic (exact) mass is 383 g/mol. The van der Waals surface area contributed by atoms with E-state index in [-0.39, 0.29) is 17.4 Å². The van der Waals surface area contributed by atoms with E-state index in [1.165, 1.54) is 12.3 Å². The van der Waals surface area contributed by atoms with Crippen molar-refractivity contribution < 1.29 is 9.90 Å². The van der Waals surface area contributed by atoms with Gasteiger partial charge in [0.1, 0.15) is 17.4 Å². The second kappa shape index (κ2) is 9.25. The number of benzene rings is 3. The zero-order chi connectivity index (χ0) is 20.6. The van der Waals surface area contributed by atoms with E-state index in [1.807, 2.05) is 66.7 Å². The molecule has 0 unspecified atom stereocenters. The lowest BCUT2D eigenvalue weighted by Gasteiger charge is -2.19. The minimum atomic E-state index is -0.520. The van der Waals surface area contributed by atoms with Crippen LogP contribution in [0.4, 0.5) is 5.69 Å². The molecule has 0 fully saturated rings. The summed E-state index contributed by atoms with van der Waals surface area (Å²) in [5.74, 6) is -0.402. The molecule has 3 aromatic carbocycles. The highest BCUT2D eigenvalue weighted by Crippen LogP contribution is 2.23. The molecule has 0 saturated heterocycles. The first-order valence-electron chi connectivity index (χ1n) is 9.15. The predicted molar refractivity (Wildman–Crippen MR) is 113 cm³/mol. The standard InChI is InChI=1S/C24H21N3O2/c1-17-14-21(28)12-13-22(17)27-24(29)20(15-25)16-26-23(18-8-4-2-5-9-18)19-10-6-3-7-11-19/h2-14,16,23,26,28H,1H3,(H,27,29)/b20-16-. The number of carbonyl (C=O) groups excluding carboxylic acids is 1. The molecular formula is C24H21N3O2. The highest BCUT2D eigenvalue weighted by Gasteiger charge is 2.15. The molecule has 0 aliphatic rings. The van der Waals surface area contributed by atoms with E-state index in [0.717, 1.165) is 11.1 Å². The SMILES string of the molecule is Cc1cc(O)ccc1NC(=O)/C(C#N)=C\NC(c1ccccc1)c1ccccc1. The first-order valence-corrected chi connectivity index (χ1v) is 9.15. The number of phenolic OH excluding ortho intramolecular Hbond substituents is 1. The van der Waals surface area contributed by atoms with Gasteiger partial charge in [-0.05, 0) is 41.8 Å². The highest BCUT2D eigenvalue weighted by atomic mass is 16.3. The Labute approximate surface area is 169 Å². The molecular weight excluding hydrogens is 362 g/mol. The summed E-state index contributed by atoms with van der Waals surface area (Å²) in [4.78, 5) is 12.6. The Morgan fingerprint density at radius 1 is 1.00 bits per heavy atom. The van der Waals surface area contributed by atoms with Gasteiger partial charge in [-0.25, -0.2) is 0 Å². The number of aryl methyl sites for hydroxylation is 1. The highest BCUT2D eigenvalue weighted by molar-refractivity contribution is 6.06. The maximum Gasteiger partial charge on any atom is 0.267 e. The molecule has 3 aromatic rings. The van der Waals surface area contributed by atoms with Crippen LogP contribution in [0.15, 0.2) is 90.6 Å². The first kappa shape index (κ1) is 19.7. The second-order valence-corrected chi connectivity index (χ2v) is 6.54. The van der Waals surface area contributed by atoms with Crippen LogP contribution in [-0.2, 0) is 4.79 Å². The van der Waals surface area contributed by atoms with Crippen molar-refractivity contribution in [3.63, 3.8) is 0 Å². The smallest absolute Gasteiger partial charge is 0.267 e. The van der Waals surface area contributed by atoms with Crippen LogP contribution in [0.3, 0.4) is 0 Å². The van der Waals surface area contributed by atoms with Gasteiger partial charge in [-0.15, -0.1) is 0 Å². The van der Waals surface area contributed by atoms with Crippen molar-refractivity contribution in [3.05, 3.63) is 107 Å². The number of nitrogens with zero attached hydrogens (tertiary/aromatic N) is 1. The molecule has 0 spiro atoms. The third-order valence-electron chi connectivity index (χ3n) is 4.48. The number of phenols is 1. The lowest BCUT2D eigenvalue weighted by molar-refractivity contribution is -0.112. The van der Waals surface area contributed by atoms with Gasteiger partial charge in [0.2, 0.25) is 0 Å². The van der Waals surface area contributed by atoms with E-state index in [4.69, 9.17) is 0 Å². The number of anilines is 1. The largest absolute Gasteiger partial charge is 0.508 e. The molecule has 0 atom stereocenters. The summed E-state index contributed by atoms with van der Waals surface area (Å²) in [6.45, 7) is 1.77. The van der Waals surface area contributed by atoms with E-state index >= 15 is 0 Å². The molecule has 0 aliphatic carbocycles. The van der Waals surface area contributed by atoms with Gasteiger partial charge in [-0.1, -0.05) is 60.7 Å². The van der Waals surface area contributed by atoms with Crippen molar-refractivity contribution >= 4 is 11.6 Å². The Morgan fingerprint density at radius 2 is 1.59 bits per heavy atom. The quantitative estimate of drug-likeness (QED) is 0.334. The van der Waals surface area contributed by atoms with Crippen molar-refractivity contribution in [3.8, 4) is 11.8 Å². The van der Waals surface area contributed by atoms with Crippen LogP contribution >= 0.6 is 0 Å². The minimum absolute atomic E-state index is 0.0469. The summed E-state index contributed by atoms with van der Waals surface area (Å²) < 4.78 is 0. The van der Waals surface area contributed by atoms with Crippen LogP contribution in [0.2, 0.25) is 0 Å². The van der Waals surface area contributed by atoms with Gasteiger partial charge >= 0.3 is 0 Å². The van der Waals surface area contributed by atoms with E-state index in [1.54, 1.807) is 19.1 Å². The summed E-state index contributed by atoms with van der Waals surface area (Å²) in [7, 11) is 0. The van der Waals surface area contributed by atoms with Crippen LogP contribution in [0, 0.1) is 18.3 Å². The molecule has 5 nitrogen and oxygen atoms in total. The number of nitrogens with one attached hydrogen (secondary N) is 2. The number of hydrogen-bond donors (Lipinski definition) is 3. The zero-order valence-corrected chi connectivity index (χ0v) is 16.0.